The van der Waals surface area contributed by atoms with Gasteiger partial charge in [-0.2, -0.15) is 11.8 Å². The van der Waals surface area contributed by atoms with E-state index in [0.717, 1.165) is 11.8 Å². The molecule has 0 aliphatic heterocycles. The number of aliphatic imine (C=N–C) groups is 1. The lowest BCUT2D eigenvalue weighted by molar-refractivity contribution is 0.636. The van der Waals surface area contributed by atoms with E-state index in [1.165, 1.54) is 25.0 Å². The van der Waals surface area contributed by atoms with Gasteiger partial charge in [-0.3, -0.25) is 4.99 Å². The van der Waals surface area contributed by atoms with E-state index < -0.39 is 0 Å². The molecule has 0 aromatic carbocycles. The minimum absolute atomic E-state index is 0.537. The normalized spacial score (nSPS) is 28.0. The molecule has 1 saturated carbocycles. The third-order valence-corrected chi connectivity index (χ3v) is 3.82. The van der Waals surface area contributed by atoms with Crippen molar-refractivity contribution in [1.29, 1.82) is 0 Å². The summed E-state index contributed by atoms with van der Waals surface area (Å²) in [5.41, 5.74) is 5.75. The van der Waals surface area contributed by atoms with Gasteiger partial charge in [0.2, 0.25) is 0 Å². The highest BCUT2D eigenvalue weighted by atomic mass is 32.2. The van der Waals surface area contributed by atoms with Gasteiger partial charge in [-0.25, -0.2) is 0 Å². The van der Waals surface area contributed by atoms with Crippen molar-refractivity contribution in [2.75, 3.05) is 12.3 Å². The molecule has 0 radical (unpaired) electrons. The Hall–Kier alpha value is -0.380. The van der Waals surface area contributed by atoms with Gasteiger partial charge in [-0.05, 0) is 25.5 Å². The van der Waals surface area contributed by atoms with Gasteiger partial charge in [-0.15, -0.1) is 0 Å². The minimum Gasteiger partial charge on any atom is -0.370 e. The van der Waals surface area contributed by atoms with Gasteiger partial charge in [0.1, 0.15) is 0 Å². The predicted octanol–water partition coefficient (Wildman–Crippen LogP) is 1.58. The van der Waals surface area contributed by atoms with E-state index in [2.05, 4.69) is 17.2 Å². The second-order valence-corrected chi connectivity index (χ2v) is 5.05. The van der Waals surface area contributed by atoms with Crippen LogP contribution in [-0.4, -0.2) is 29.5 Å². The predicted molar refractivity (Wildman–Crippen MR) is 64.9 cm³/mol. The van der Waals surface area contributed by atoms with Crippen LogP contribution in [0.25, 0.3) is 0 Å². The lowest BCUT2D eigenvalue weighted by Crippen LogP contribution is -2.43. The van der Waals surface area contributed by atoms with E-state index in [1.807, 2.05) is 18.7 Å². The summed E-state index contributed by atoms with van der Waals surface area (Å²) in [6, 6.07) is 0.537. The maximum Gasteiger partial charge on any atom is 0.188 e. The Morgan fingerprint density at radius 1 is 1.50 bits per heavy atom. The van der Waals surface area contributed by atoms with E-state index in [1.54, 1.807) is 0 Å². The highest BCUT2D eigenvalue weighted by molar-refractivity contribution is 7.99. The Morgan fingerprint density at radius 2 is 2.29 bits per heavy atom. The number of guanidine groups is 1. The van der Waals surface area contributed by atoms with Crippen molar-refractivity contribution in [2.45, 2.75) is 44.4 Å². The summed E-state index contributed by atoms with van der Waals surface area (Å²) in [5, 5.41) is 4.05. The molecule has 0 amide bonds. The zero-order valence-corrected chi connectivity index (χ0v) is 9.94. The van der Waals surface area contributed by atoms with Crippen LogP contribution in [0.5, 0.6) is 0 Å². The van der Waals surface area contributed by atoms with E-state index in [0.29, 0.717) is 12.0 Å². The van der Waals surface area contributed by atoms with Crippen molar-refractivity contribution in [3.8, 4) is 0 Å². The van der Waals surface area contributed by atoms with Gasteiger partial charge in [0.15, 0.2) is 5.96 Å². The van der Waals surface area contributed by atoms with Gasteiger partial charge in [0.25, 0.3) is 0 Å². The summed E-state index contributed by atoms with van der Waals surface area (Å²) in [4.78, 5) is 4.16. The van der Waals surface area contributed by atoms with Gasteiger partial charge in [0, 0.05) is 17.8 Å². The number of rotatable bonds is 4. The summed E-state index contributed by atoms with van der Waals surface area (Å²) >= 11 is 2.03. The van der Waals surface area contributed by atoms with Crippen LogP contribution in [-0.2, 0) is 0 Å². The molecule has 0 bridgehead atoms. The molecule has 0 heterocycles. The first-order valence-corrected chi connectivity index (χ1v) is 6.50. The Balaban J connectivity index is 2.38. The fraction of sp³-hybridized carbons (Fsp3) is 0.900. The molecule has 82 valence electrons. The Bertz CT molecular complexity index is 194. The molecule has 1 fully saturated rings. The molecular formula is C10H21N3S. The lowest BCUT2D eigenvalue weighted by Gasteiger charge is -2.20. The topological polar surface area (TPSA) is 50.4 Å². The van der Waals surface area contributed by atoms with Crippen molar-refractivity contribution in [2.24, 2.45) is 10.7 Å². The van der Waals surface area contributed by atoms with Crippen LogP contribution in [0.1, 0.15) is 33.1 Å². The van der Waals surface area contributed by atoms with Gasteiger partial charge >= 0.3 is 0 Å². The molecule has 14 heavy (non-hydrogen) atoms. The molecule has 1 rings (SSSR count). The molecule has 0 aromatic heterocycles. The number of nitrogens with zero attached hydrogens (tertiary/aromatic N) is 1. The first kappa shape index (κ1) is 11.7. The molecule has 4 heteroatoms. The van der Waals surface area contributed by atoms with Crippen molar-refractivity contribution < 1.29 is 0 Å². The van der Waals surface area contributed by atoms with Crippen LogP contribution in [0.2, 0.25) is 0 Å². The van der Waals surface area contributed by atoms with E-state index in [9.17, 15) is 0 Å². The molecule has 0 aromatic rings. The van der Waals surface area contributed by atoms with Crippen LogP contribution in [0, 0.1) is 0 Å². The van der Waals surface area contributed by atoms with E-state index >= 15 is 0 Å². The molecule has 0 saturated heterocycles. The number of hydrogen-bond acceptors (Lipinski definition) is 2. The highest BCUT2D eigenvalue weighted by Gasteiger charge is 2.27. The molecule has 3 nitrogen and oxygen atoms in total. The Morgan fingerprint density at radius 3 is 2.93 bits per heavy atom. The molecule has 3 N–H and O–H groups in total. The second-order valence-electron chi connectivity index (χ2n) is 3.54. The highest BCUT2D eigenvalue weighted by Crippen LogP contribution is 2.29. The summed E-state index contributed by atoms with van der Waals surface area (Å²) in [6.45, 7) is 4.97. The maximum atomic E-state index is 5.75. The fourth-order valence-electron chi connectivity index (χ4n) is 1.91. The van der Waals surface area contributed by atoms with E-state index in [-0.39, 0.29) is 0 Å². The molecule has 2 unspecified atom stereocenters. The summed E-state index contributed by atoms with van der Waals surface area (Å²) in [6.07, 6.45) is 3.86. The quantitative estimate of drug-likeness (QED) is 0.553. The second kappa shape index (κ2) is 6.17. The molecule has 2 atom stereocenters. The van der Waals surface area contributed by atoms with Crippen molar-refractivity contribution in [1.82, 2.24) is 5.32 Å². The number of nitrogens with one attached hydrogen (secondary N) is 1. The number of nitrogens with two attached hydrogens (primary N) is 1. The fourth-order valence-corrected chi connectivity index (χ4v) is 3.11. The first-order chi connectivity index (χ1) is 6.77. The van der Waals surface area contributed by atoms with Crippen molar-refractivity contribution in [3.63, 3.8) is 0 Å². The smallest absolute Gasteiger partial charge is 0.188 e. The molecule has 0 spiro atoms. The number of thioether (sulfide) groups is 1. The number of hydrogen-bond donors (Lipinski definition) is 2. The average Bonchev–Trinajstić information content (AvgIpc) is 2.54. The molecular weight excluding hydrogens is 194 g/mol. The standard InChI is InChI=1S/C10H21N3S/c1-3-12-10(11)13-8-6-5-7-9(8)14-4-2/h8-9H,3-7H2,1-2H3,(H3,11,12,13). The van der Waals surface area contributed by atoms with Crippen LogP contribution in [0.15, 0.2) is 4.99 Å². The summed E-state index contributed by atoms with van der Waals surface area (Å²) in [5.74, 6) is 1.80. The van der Waals surface area contributed by atoms with Gasteiger partial charge in [-0.1, -0.05) is 13.3 Å². The molecule has 1 aliphatic carbocycles. The van der Waals surface area contributed by atoms with Crippen molar-refractivity contribution >= 4 is 17.7 Å². The van der Waals surface area contributed by atoms with Crippen LogP contribution >= 0.6 is 11.8 Å². The monoisotopic (exact) mass is 215 g/mol. The first-order valence-electron chi connectivity index (χ1n) is 5.46. The Labute approximate surface area is 90.9 Å². The van der Waals surface area contributed by atoms with Gasteiger partial charge < -0.3 is 11.1 Å². The van der Waals surface area contributed by atoms with Crippen LogP contribution in [0.4, 0.5) is 0 Å². The van der Waals surface area contributed by atoms with Crippen LogP contribution in [0.3, 0.4) is 0 Å². The zero-order chi connectivity index (χ0) is 10.4. The lowest BCUT2D eigenvalue weighted by atomic mass is 10.2. The van der Waals surface area contributed by atoms with Crippen molar-refractivity contribution in [3.05, 3.63) is 0 Å². The molecule has 1 aliphatic rings. The third-order valence-electron chi connectivity index (χ3n) is 2.50. The zero-order valence-electron chi connectivity index (χ0n) is 9.12. The summed E-state index contributed by atoms with van der Waals surface area (Å²) in [7, 11) is 0. The maximum absolute atomic E-state index is 5.75. The SMILES string of the molecule is CCN=C(N)NC1CCCC1SCC. The van der Waals surface area contributed by atoms with Gasteiger partial charge in [0.05, 0.1) is 0 Å². The average molecular weight is 215 g/mol. The minimum atomic E-state index is 0.537. The van der Waals surface area contributed by atoms with Crippen LogP contribution < -0.4 is 11.1 Å². The summed E-state index contributed by atoms with van der Waals surface area (Å²) < 4.78 is 0. The van der Waals surface area contributed by atoms with E-state index in [4.69, 9.17) is 5.73 Å². The Kier molecular flexibility index (Phi) is 5.15. The third kappa shape index (κ3) is 3.40. The largest absolute Gasteiger partial charge is 0.370 e.